The number of nitrogens with zero attached hydrogens (tertiary/aromatic N) is 4. The molecular formula is C14H14Cl2N4O. The van der Waals surface area contributed by atoms with E-state index in [-0.39, 0.29) is 22.4 Å². The summed E-state index contributed by atoms with van der Waals surface area (Å²) in [6.45, 7) is 2.72. The van der Waals surface area contributed by atoms with Crippen molar-refractivity contribution in [1.82, 2.24) is 20.1 Å². The third kappa shape index (κ3) is 3.81. The Morgan fingerprint density at radius 1 is 1.19 bits per heavy atom. The van der Waals surface area contributed by atoms with E-state index in [0.717, 1.165) is 26.1 Å². The summed E-state index contributed by atoms with van der Waals surface area (Å²) in [6, 6.07) is 10.4. The summed E-state index contributed by atoms with van der Waals surface area (Å²) in [5, 5.41) is 7.43. The average molecular weight is 325 g/mol. The lowest BCUT2D eigenvalue weighted by molar-refractivity contribution is 0.190. The fourth-order valence-electron chi connectivity index (χ4n) is 2.39. The van der Waals surface area contributed by atoms with Crippen LogP contribution in [0.15, 0.2) is 30.3 Å². The molecule has 1 aliphatic rings. The molecule has 0 amide bonds. The molecule has 0 N–H and O–H groups in total. The number of aromatic nitrogens is 3. The average Bonchev–Trinajstić information content (AvgIpc) is 2.91. The van der Waals surface area contributed by atoms with E-state index >= 15 is 0 Å². The van der Waals surface area contributed by atoms with Crippen LogP contribution in [0.2, 0.25) is 10.4 Å². The molecule has 1 fully saturated rings. The first-order chi connectivity index (χ1) is 10.2. The van der Waals surface area contributed by atoms with E-state index in [2.05, 4.69) is 32.2 Å². The third-order valence-corrected chi connectivity index (χ3v) is 3.74. The molecule has 0 saturated carbocycles. The molecule has 0 bridgehead atoms. The maximum atomic E-state index is 5.91. The number of benzene rings is 1. The van der Waals surface area contributed by atoms with Crippen molar-refractivity contribution < 1.29 is 4.74 Å². The van der Waals surface area contributed by atoms with Crippen molar-refractivity contribution in [3.05, 3.63) is 46.3 Å². The highest BCUT2D eigenvalue weighted by atomic mass is 35.5. The van der Waals surface area contributed by atoms with Gasteiger partial charge < -0.3 is 4.74 Å². The van der Waals surface area contributed by atoms with Gasteiger partial charge in [-0.3, -0.25) is 4.90 Å². The van der Waals surface area contributed by atoms with Crippen molar-refractivity contribution in [3.63, 3.8) is 0 Å². The number of ether oxygens (including phenoxy) is 1. The molecule has 1 aliphatic heterocycles. The largest absolute Gasteiger partial charge is 0.471 e. The van der Waals surface area contributed by atoms with Gasteiger partial charge in [-0.1, -0.05) is 41.9 Å². The number of likely N-dealkylation sites (tertiary alicyclic amines) is 1. The van der Waals surface area contributed by atoms with E-state index < -0.39 is 0 Å². The molecule has 0 spiro atoms. The van der Waals surface area contributed by atoms with Crippen LogP contribution in [0, 0.1) is 0 Å². The summed E-state index contributed by atoms with van der Waals surface area (Å²) in [4.78, 5) is 6.30. The number of halogens is 2. The van der Waals surface area contributed by atoms with E-state index in [1.165, 1.54) is 5.56 Å². The molecule has 2 aromatic rings. The lowest BCUT2D eigenvalue weighted by Gasteiger charge is -2.16. The zero-order valence-corrected chi connectivity index (χ0v) is 12.8. The van der Waals surface area contributed by atoms with E-state index in [0.29, 0.717) is 0 Å². The minimum atomic E-state index is 0.0357. The van der Waals surface area contributed by atoms with E-state index in [9.17, 15) is 0 Å². The molecule has 110 valence electrons. The molecule has 0 aliphatic carbocycles. The maximum absolute atomic E-state index is 5.91. The van der Waals surface area contributed by atoms with Crippen molar-refractivity contribution >= 4 is 23.2 Å². The lowest BCUT2D eigenvalue weighted by Crippen LogP contribution is -2.25. The Morgan fingerprint density at radius 3 is 2.81 bits per heavy atom. The van der Waals surface area contributed by atoms with Gasteiger partial charge in [0.2, 0.25) is 10.4 Å². The quantitative estimate of drug-likeness (QED) is 0.865. The van der Waals surface area contributed by atoms with Gasteiger partial charge in [0.15, 0.2) is 0 Å². The van der Waals surface area contributed by atoms with Gasteiger partial charge in [0, 0.05) is 19.6 Å². The molecule has 1 atom stereocenters. The van der Waals surface area contributed by atoms with Gasteiger partial charge in [0.25, 0.3) is 5.88 Å². The fraction of sp³-hybridized carbons (Fsp3) is 0.357. The van der Waals surface area contributed by atoms with Gasteiger partial charge in [-0.2, -0.15) is 4.98 Å². The van der Waals surface area contributed by atoms with Crippen LogP contribution in [0.25, 0.3) is 0 Å². The summed E-state index contributed by atoms with van der Waals surface area (Å²) in [7, 11) is 0. The molecule has 0 radical (unpaired) electrons. The molecule has 2 heterocycles. The summed E-state index contributed by atoms with van der Waals surface area (Å²) in [5.41, 5.74) is 1.29. The van der Waals surface area contributed by atoms with Crippen LogP contribution in [0.5, 0.6) is 5.88 Å². The molecule has 21 heavy (non-hydrogen) atoms. The van der Waals surface area contributed by atoms with Gasteiger partial charge >= 0.3 is 0 Å². The molecule has 7 heteroatoms. The van der Waals surface area contributed by atoms with Gasteiger partial charge in [0.1, 0.15) is 6.10 Å². The Morgan fingerprint density at radius 2 is 2.00 bits per heavy atom. The minimum absolute atomic E-state index is 0.0357. The normalized spacial score (nSPS) is 18.9. The maximum Gasteiger partial charge on any atom is 0.257 e. The first-order valence-electron chi connectivity index (χ1n) is 6.69. The fourth-order valence-corrected chi connectivity index (χ4v) is 2.63. The van der Waals surface area contributed by atoms with Crippen LogP contribution in [-0.4, -0.2) is 39.3 Å². The van der Waals surface area contributed by atoms with Crippen molar-refractivity contribution in [1.29, 1.82) is 0 Å². The number of rotatable bonds is 4. The SMILES string of the molecule is Clc1nnc(Cl)c(OC2CCN(Cc3ccccc3)C2)n1. The predicted octanol–water partition coefficient (Wildman–Crippen LogP) is 2.83. The smallest absolute Gasteiger partial charge is 0.257 e. The molecule has 1 unspecified atom stereocenters. The van der Waals surface area contributed by atoms with Crippen LogP contribution in [0.3, 0.4) is 0 Å². The molecule has 1 saturated heterocycles. The minimum Gasteiger partial charge on any atom is -0.471 e. The van der Waals surface area contributed by atoms with Crippen LogP contribution >= 0.6 is 23.2 Å². The molecule has 5 nitrogen and oxygen atoms in total. The first-order valence-corrected chi connectivity index (χ1v) is 7.45. The Balaban J connectivity index is 1.58. The Kier molecular flexibility index (Phi) is 4.53. The highest BCUT2D eigenvalue weighted by molar-refractivity contribution is 6.31. The summed E-state index contributed by atoms with van der Waals surface area (Å²) < 4.78 is 5.78. The zero-order valence-electron chi connectivity index (χ0n) is 11.2. The van der Waals surface area contributed by atoms with E-state index in [1.54, 1.807) is 0 Å². The lowest BCUT2D eigenvalue weighted by atomic mass is 10.2. The summed E-state index contributed by atoms with van der Waals surface area (Å²) in [5.74, 6) is 0.253. The van der Waals surface area contributed by atoms with Crippen molar-refractivity contribution in [2.75, 3.05) is 13.1 Å². The Labute approximate surface area is 132 Å². The number of hydrogen-bond donors (Lipinski definition) is 0. The second kappa shape index (κ2) is 6.56. The highest BCUT2D eigenvalue weighted by Gasteiger charge is 2.25. The first kappa shape index (κ1) is 14.5. The molecule has 1 aromatic heterocycles. The highest BCUT2D eigenvalue weighted by Crippen LogP contribution is 2.24. The van der Waals surface area contributed by atoms with E-state index in [4.69, 9.17) is 27.9 Å². The van der Waals surface area contributed by atoms with Crippen LogP contribution in [0.1, 0.15) is 12.0 Å². The Hall–Kier alpha value is -1.43. The summed E-state index contributed by atoms with van der Waals surface area (Å²) >= 11 is 11.6. The topological polar surface area (TPSA) is 51.1 Å². The van der Waals surface area contributed by atoms with Crippen molar-refractivity contribution in [2.24, 2.45) is 0 Å². The zero-order chi connectivity index (χ0) is 14.7. The second-order valence-corrected chi connectivity index (χ2v) is 5.62. The molecular weight excluding hydrogens is 311 g/mol. The van der Waals surface area contributed by atoms with Crippen LogP contribution in [-0.2, 0) is 6.54 Å². The van der Waals surface area contributed by atoms with Gasteiger partial charge in [-0.05, 0) is 23.6 Å². The van der Waals surface area contributed by atoms with Crippen LogP contribution < -0.4 is 4.74 Å². The standard InChI is InChI=1S/C14H14Cl2N4O/c15-12-13(17-14(16)19-18-12)21-11-6-7-20(9-11)8-10-4-2-1-3-5-10/h1-5,11H,6-9H2. The van der Waals surface area contributed by atoms with Gasteiger partial charge in [-0.15, -0.1) is 10.2 Å². The van der Waals surface area contributed by atoms with Crippen molar-refractivity contribution in [2.45, 2.75) is 19.1 Å². The molecule has 3 rings (SSSR count). The predicted molar refractivity (Wildman–Crippen MR) is 80.6 cm³/mol. The second-order valence-electron chi connectivity index (χ2n) is 4.93. The molecule has 1 aromatic carbocycles. The van der Waals surface area contributed by atoms with Gasteiger partial charge in [-0.25, -0.2) is 0 Å². The summed E-state index contributed by atoms with van der Waals surface area (Å²) in [6.07, 6.45) is 0.962. The van der Waals surface area contributed by atoms with Crippen LogP contribution in [0.4, 0.5) is 0 Å². The third-order valence-electron chi connectivity index (χ3n) is 3.35. The monoisotopic (exact) mass is 324 g/mol. The van der Waals surface area contributed by atoms with E-state index in [1.807, 2.05) is 18.2 Å². The Bertz CT molecular complexity index is 611. The van der Waals surface area contributed by atoms with Gasteiger partial charge in [0.05, 0.1) is 0 Å². The number of hydrogen-bond acceptors (Lipinski definition) is 5. The van der Waals surface area contributed by atoms with Crippen molar-refractivity contribution in [3.8, 4) is 5.88 Å².